The quantitative estimate of drug-likeness (QED) is 0.738. The van der Waals surface area contributed by atoms with Gasteiger partial charge in [0.15, 0.2) is 0 Å². The standard InChI is InChI=1S/C13H21N3O2S/c1-9-4-2-3-5-12(9)16-13-7-6-10(8-11(13)14)19(15,17)18/h6-9,12,16H,2-5,14H2,1H3,(H2,15,17,18). The molecule has 0 aliphatic heterocycles. The number of sulfonamides is 1. The van der Waals surface area contributed by atoms with Gasteiger partial charge in [0.25, 0.3) is 0 Å². The highest BCUT2D eigenvalue weighted by atomic mass is 32.2. The molecule has 2 unspecified atom stereocenters. The van der Waals surface area contributed by atoms with Gasteiger partial charge < -0.3 is 11.1 Å². The molecule has 1 saturated carbocycles. The van der Waals surface area contributed by atoms with Crippen LogP contribution in [0.4, 0.5) is 11.4 Å². The number of nitrogens with one attached hydrogen (secondary N) is 1. The number of anilines is 2. The Hall–Kier alpha value is -1.27. The van der Waals surface area contributed by atoms with E-state index in [9.17, 15) is 8.42 Å². The van der Waals surface area contributed by atoms with Gasteiger partial charge in [-0.1, -0.05) is 19.8 Å². The molecule has 0 bridgehead atoms. The zero-order chi connectivity index (χ0) is 14.0. The maximum absolute atomic E-state index is 11.2. The third kappa shape index (κ3) is 3.39. The second kappa shape index (κ2) is 5.38. The third-order valence-corrected chi connectivity index (χ3v) is 4.71. The lowest BCUT2D eigenvalue weighted by molar-refractivity contribution is 0.349. The minimum Gasteiger partial charge on any atom is -0.397 e. The van der Waals surface area contributed by atoms with E-state index < -0.39 is 10.0 Å². The molecule has 1 fully saturated rings. The molecule has 1 aliphatic rings. The number of primary sulfonamides is 1. The van der Waals surface area contributed by atoms with Gasteiger partial charge in [-0.15, -0.1) is 0 Å². The van der Waals surface area contributed by atoms with Gasteiger partial charge in [0, 0.05) is 6.04 Å². The van der Waals surface area contributed by atoms with E-state index in [1.165, 1.54) is 31.4 Å². The van der Waals surface area contributed by atoms with Crippen LogP contribution in [0.15, 0.2) is 23.1 Å². The zero-order valence-corrected chi connectivity index (χ0v) is 11.9. The molecule has 0 heterocycles. The first-order valence-corrected chi connectivity index (χ1v) is 8.11. The van der Waals surface area contributed by atoms with E-state index in [0.29, 0.717) is 17.6 Å². The van der Waals surface area contributed by atoms with Crippen LogP contribution in [0.2, 0.25) is 0 Å². The van der Waals surface area contributed by atoms with E-state index in [2.05, 4.69) is 12.2 Å². The van der Waals surface area contributed by atoms with Crippen molar-refractivity contribution in [3.63, 3.8) is 0 Å². The van der Waals surface area contributed by atoms with Gasteiger partial charge in [0.1, 0.15) is 0 Å². The van der Waals surface area contributed by atoms with Gasteiger partial charge in [-0.05, 0) is 37.0 Å². The molecule has 0 amide bonds. The van der Waals surface area contributed by atoms with Gasteiger partial charge >= 0.3 is 0 Å². The second-order valence-corrected chi connectivity index (χ2v) is 6.87. The van der Waals surface area contributed by atoms with Gasteiger partial charge in [0.2, 0.25) is 10.0 Å². The Labute approximate surface area is 114 Å². The first-order valence-electron chi connectivity index (χ1n) is 6.57. The molecule has 2 rings (SSSR count). The summed E-state index contributed by atoms with van der Waals surface area (Å²) in [5.74, 6) is 0.603. The number of benzene rings is 1. The summed E-state index contributed by atoms with van der Waals surface area (Å²) in [6.07, 6.45) is 4.83. The smallest absolute Gasteiger partial charge is 0.238 e. The Morgan fingerprint density at radius 2 is 1.95 bits per heavy atom. The minimum atomic E-state index is -3.69. The Balaban J connectivity index is 2.17. The zero-order valence-electron chi connectivity index (χ0n) is 11.1. The van der Waals surface area contributed by atoms with Crippen molar-refractivity contribution in [2.45, 2.75) is 43.5 Å². The number of nitrogen functional groups attached to an aromatic ring is 1. The first kappa shape index (κ1) is 14.1. The molecule has 0 aromatic heterocycles. The Morgan fingerprint density at radius 3 is 2.53 bits per heavy atom. The van der Waals surface area contributed by atoms with Crippen molar-refractivity contribution >= 4 is 21.4 Å². The van der Waals surface area contributed by atoms with Crippen molar-refractivity contribution in [3.05, 3.63) is 18.2 Å². The minimum absolute atomic E-state index is 0.0484. The van der Waals surface area contributed by atoms with Crippen LogP contribution >= 0.6 is 0 Å². The summed E-state index contributed by atoms with van der Waals surface area (Å²) in [6.45, 7) is 2.23. The van der Waals surface area contributed by atoms with Gasteiger partial charge in [0.05, 0.1) is 16.3 Å². The maximum Gasteiger partial charge on any atom is 0.238 e. The van der Waals surface area contributed by atoms with Gasteiger partial charge in [-0.3, -0.25) is 0 Å². The van der Waals surface area contributed by atoms with Crippen LogP contribution in [0, 0.1) is 5.92 Å². The molecule has 0 saturated heterocycles. The van der Waals surface area contributed by atoms with Crippen molar-refractivity contribution in [3.8, 4) is 0 Å². The average Bonchev–Trinajstić information content (AvgIpc) is 2.33. The second-order valence-electron chi connectivity index (χ2n) is 5.31. The Morgan fingerprint density at radius 1 is 1.26 bits per heavy atom. The molecule has 2 atom stereocenters. The summed E-state index contributed by atoms with van der Waals surface area (Å²) in [7, 11) is -3.69. The van der Waals surface area contributed by atoms with E-state index in [-0.39, 0.29) is 4.90 Å². The lowest BCUT2D eigenvalue weighted by Crippen LogP contribution is -2.30. The summed E-state index contributed by atoms with van der Waals surface area (Å²) < 4.78 is 22.5. The highest BCUT2D eigenvalue weighted by Crippen LogP contribution is 2.29. The van der Waals surface area contributed by atoms with E-state index in [1.54, 1.807) is 6.07 Å². The van der Waals surface area contributed by atoms with E-state index in [0.717, 1.165) is 12.1 Å². The first-order chi connectivity index (χ1) is 8.88. The van der Waals surface area contributed by atoms with Gasteiger partial charge in [-0.25, -0.2) is 13.6 Å². The molecule has 5 nitrogen and oxygen atoms in total. The topological polar surface area (TPSA) is 98.2 Å². The average molecular weight is 283 g/mol. The number of rotatable bonds is 3. The summed E-state index contributed by atoms with van der Waals surface area (Å²) in [4.78, 5) is 0.0484. The summed E-state index contributed by atoms with van der Waals surface area (Å²) in [5, 5.41) is 8.50. The summed E-state index contributed by atoms with van der Waals surface area (Å²) in [6, 6.07) is 4.99. The highest BCUT2D eigenvalue weighted by Gasteiger charge is 2.21. The van der Waals surface area contributed by atoms with Crippen molar-refractivity contribution in [1.29, 1.82) is 0 Å². The van der Waals surface area contributed by atoms with Crippen molar-refractivity contribution in [2.24, 2.45) is 11.1 Å². The molecule has 0 spiro atoms. The molecule has 0 radical (unpaired) electrons. The Bertz CT molecular complexity index is 557. The monoisotopic (exact) mass is 283 g/mol. The van der Waals surface area contributed by atoms with E-state index in [1.807, 2.05) is 0 Å². The fraction of sp³-hybridized carbons (Fsp3) is 0.538. The lowest BCUT2D eigenvalue weighted by Gasteiger charge is -2.30. The van der Waals surface area contributed by atoms with Crippen LogP contribution in [0.3, 0.4) is 0 Å². The highest BCUT2D eigenvalue weighted by molar-refractivity contribution is 7.89. The molecular weight excluding hydrogens is 262 g/mol. The SMILES string of the molecule is CC1CCCCC1Nc1ccc(S(N)(=O)=O)cc1N. The fourth-order valence-corrected chi connectivity index (χ4v) is 3.13. The molecule has 1 aliphatic carbocycles. The molecule has 1 aromatic carbocycles. The lowest BCUT2D eigenvalue weighted by atomic mass is 9.86. The predicted molar refractivity (Wildman–Crippen MR) is 77.3 cm³/mol. The molecular formula is C13H21N3O2S. The molecule has 6 heteroatoms. The van der Waals surface area contributed by atoms with Crippen molar-refractivity contribution in [1.82, 2.24) is 0 Å². The van der Waals surface area contributed by atoms with Crippen LogP contribution in [0.1, 0.15) is 32.6 Å². The number of nitrogens with two attached hydrogens (primary N) is 2. The van der Waals surface area contributed by atoms with Crippen LogP contribution < -0.4 is 16.2 Å². The predicted octanol–water partition coefficient (Wildman–Crippen LogP) is 1.91. The number of hydrogen-bond acceptors (Lipinski definition) is 4. The van der Waals surface area contributed by atoms with E-state index in [4.69, 9.17) is 10.9 Å². The molecule has 19 heavy (non-hydrogen) atoms. The van der Waals surface area contributed by atoms with Crippen LogP contribution in [-0.2, 0) is 10.0 Å². The normalized spacial score (nSPS) is 24.1. The molecule has 1 aromatic rings. The largest absolute Gasteiger partial charge is 0.397 e. The summed E-state index contributed by atoms with van der Waals surface area (Å²) >= 11 is 0. The molecule has 106 valence electrons. The van der Waals surface area contributed by atoms with Crippen LogP contribution in [0.25, 0.3) is 0 Å². The van der Waals surface area contributed by atoms with E-state index >= 15 is 0 Å². The maximum atomic E-state index is 11.2. The number of hydrogen-bond donors (Lipinski definition) is 3. The fourth-order valence-electron chi connectivity index (χ4n) is 2.58. The van der Waals surface area contributed by atoms with Crippen LogP contribution in [-0.4, -0.2) is 14.5 Å². The third-order valence-electron chi connectivity index (χ3n) is 3.80. The summed E-state index contributed by atoms with van der Waals surface area (Å²) in [5.41, 5.74) is 7.10. The van der Waals surface area contributed by atoms with Crippen LogP contribution in [0.5, 0.6) is 0 Å². The van der Waals surface area contributed by atoms with Crippen molar-refractivity contribution < 1.29 is 8.42 Å². The van der Waals surface area contributed by atoms with Gasteiger partial charge in [-0.2, -0.15) is 0 Å². The van der Waals surface area contributed by atoms with Crippen molar-refractivity contribution in [2.75, 3.05) is 11.1 Å². The molecule has 5 N–H and O–H groups in total. The Kier molecular flexibility index (Phi) is 4.01.